The van der Waals surface area contributed by atoms with Crippen molar-refractivity contribution >= 4 is 32.8 Å². The van der Waals surface area contributed by atoms with E-state index in [9.17, 15) is 8.42 Å². The van der Waals surface area contributed by atoms with E-state index in [2.05, 4.69) is 15.0 Å². The lowest BCUT2D eigenvalue weighted by molar-refractivity contribution is 0.324. The van der Waals surface area contributed by atoms with Crippen molar-refractivity contribution in [3.8, 4) is 28.4 Å². The molecule has 0 radical (unpaired) electrons. The third kappa shape index (κ3) is 4.30. The first-order valence-electron chi connectivity index (χ1n) is 9.90. The average Bonchev–Trinajstić information content (AvgIpc) is 3.25. The van der Waals surface area contributed by atoms with Gasteiger partial charge in [0.15, 0.2) is 17.1 Å². The van der Waals surface area contributed by atoms with Gasteiger partial charge in [-0.15, -0.1) is 0 Å². The number of ether oxygens (including phenoxy) is 3. The van der Waals surface area contributed by atoms with Crippen molar-refractivity contribution < 1.29 is 27.0 Å². The predicted octanol–water partition coefficient (Wildman–Crippen LogP) is 4.17. The Bertz CT molecular complexity index is 1390. The summed E-state index contributed by atoms with van der Waals surface area (Å²) in [4.78, 5) is 4.68. The van der Waals surface area contributed by atoms with E-state index in [1.807, 2.05) is 24.3 Å². The third-order valence-electron chi connectivity index (χ3n) is 5.06. The summed E-state index contributed by atoms with van der Waals surface area (Å²) in [5.74, 6) is 1.44. The lowest BCUT2D eigenvalue weighted by Crippen LogP contribution is -2.18. The number of nitrogens with one attached hydrogen (secondary N) is 2. The maximum absolute atomic E-state index is 12.2. The smallest absolute Gasteiger partial charge is 0.300 e. The lowest BCUT2D eigenvalue weighted by atomic mass is 10.1. The molecule has 1 heterocycles. The molecule has 0 atom stereocenters. The summed E-state index contributed by atoms with van der Waals surface area (Å²) < 4.78 is 48.9. The van der Waals surface area contributed by atoms with Crippen LogP contribution in [0.15, 0.2) is 63.9 Å². The number of hydrogen-bond donors (Lipinski definition) is 2. The molecule has 172 valence electrons. The van der Waals surface area contributed by atoms with Crippen LogP contribution in [-0.2, 0) is 10.0 Å². The Kier molecular flexibility index (Phi) is 6.12. The fourth-order valence-electron chi connectivity index (χ4n) is 3.46. The zero-order chi connectivity index (χ0) is 23.6. The fraction of sp³-hybridized carbons (Fsp3) is 0.174. The number of methoxy groups -OCH3 is 3. The zero-order valence-corrected chi connectivity index (χ0v) is 19.3. The van der Waals surface area contributed by atoms with E-state index in [1.54, 1.807) is 24.3 Å². The number of benzene rings is 3. The van der Waals surface area contributed by atoms with Gasteiger partial charge >= 0.3 is 0 Å². The summed E-state index contributed by atoms with van der Waals surface area (Å²) in [5.41, 5.74) is 3.16. The van der Waals surface area contributed by atoms with Crippen LogP contribution in [-0.4, -0.2) is 41.8 Å². The molecule has 0 saturated carbocycles. The Morgan fingerprint density at radius 3 is 2.24 bits per heavy atom. The minimum Gasteiger partial charge on any atom is -0.493 e. The first-order valence-corrected chi connectivity index (χ1v) is 11.4. The quantitative estimate of drug-likeness (QED) is 0.395. The molecule has 10 heteroatoms. The van der Waals surface area contributed by atoms with Crippen LogP contribution in [0.25, 0.3) is 22.2 Å². The van der Waals surface area contributed by atoms with Crippen molar-refractivity contribution in [1.82, 2.24) is 9.71 Å². The number of para-hydroxylation sites is 1. The van der Waals surface area contributed by atoms with Gasteiger partial charge in [-0.1, -0.05) is 24.3 Å². The molecule has 0 aliphatic heterocycles. The van der Waals surface area contributed by atoms with Gasteiger partial charge in [0.05, 0.1) is 26.2 Å². The molecule has 0 aliphatic carbocycles. The molecule has 4 aromatic rings. The Balaban J connectivity index is 1.75. The van der Waals surface area contributed by atoms with Gasteiger partial charge in [0.1, 0.15) is 5.52 Å². The normalized spacial score (nSPS) is 11.4. The van der Waals surface area contributed by atoms with Gasteiger partial charge in [0.2, 0.25) is 15.8 Å². The molecule has 0 unspecified atom stereocenters. The summed E-state index contributed by atoms with van der Waals surface area (Å²) >= 11 is 0. The van der Waals surface area contributed by atoms with E-state index in [0.717, 1.165) is 0 Å². The summed E-state index contributed by atoms with van der Waals surface area (Å²) in [6.07, 6.45) is 0. The molecule has 0 aliphatic rings. The highest BCUT2D eigenvalue weighted by Crippen LogP contribution is 2.41. The van der Waals surface area contributed by atoms with E-state index in [1.165, 1.54) is 34.4 Å². The monoisotopic (exact) mass is 469 g/mol. The SMILES string of the molecule is CNS(=O)(=O)c1cccc(-c2cccc3nc(Nc4cc(OC)c(OC)c(OC)c4)oc23)c1. The summed E-state index contributed by atoms with van der Waals surface area (Å²) in [5, 5.41) is 3.12. The summed E-state index contributed by atoms with van der Waals surface area (Å²) in [6.45, 7) is 0. The molecule has 2 N–H and O–H groups in total. The van der Waals surface area contributed by atoms with Crippen molar-refractivity contribution in [2.75, 3.05) is 33.7 Å². The van der Waals surface area contributed by atoms with Crippen LogP contribution >= 0.6 is 0 Å². The van der Waals surface area contributed by atoms with Crippen LogP contribution in [0.3, 0.4) is 0 Å². The minimum atomic E-state index is -3.58. The molecule has 0 spiro atoms. The second-order valence-corrected chi connectivity index (χ2v) is 8.83. The van der Waals surface area contributed by atoms with Crippen LogP contribution in [0, 0.1) is 0 Å². The second-order valence-electron chi connectivity index (χ2n) is 6.95. The number of fused-ring (bicyclic) bond motifs is 1. The highest BCUT2D eigenvalue weighted by Gasteiger charge is 2.17. The van der Waals surface area contributed by atoms with Gasteiger partial charge in [0.25, 0.3) is 6.01 Å². The molecule has 0 saturated heterocycles. The fourth-order valence-corrected chi connectivity index (χ4v) is 4.23. The maximum atomic E-state index is 12.2. The predicted molar refractivity (Wildman–Crippen MR) is 125 cm³/mol. The standard InChI is InChI=1S/C23H23N3O6S/c1-24-33(27,28)16-8-5-7-14(11-16)17-9-6-10-18-21(17)32-23(26-18)25-15-12-19(29-2)22(31-4)20(13-15)30-3/h5-13,24H,1-4H3,(H,25,26). The number of oxazole rings is 1. The highest BCUT2D eigenvalue weighted by molar-refractivity contribution is 7.89. The van der Waals surface area contributed by atoms with Gasteiger partial charge < -0.3 is 23.9 Å². The molecule has 4 rings (SSSR count). The van der Waals surface area contributed by atoms with Crippen LogP contribution < -0.4 is 24.2 Å². The Hall–Kier alpha value is -3.76. The van der Waals surface area contributed by atoms with Gasteiger partial charge in [-0.3, -0.25) is 0 Å². The number of hydrogen-bond acceptors (Lipinski definition) is 8. The maximum Gasteiger partial charge on any atom is 0.300 e. The van der Waals surface area contributed by atoms with E-state index < -0.39 is 10.0 Å². The number of nitrogens with zero attached hydrogens (tertiary/aromatic N) is 1. The second kappa shape index (κ2) is 9.00. The van der Waals surface area contributed by atoms with Crippen LogP contribution in [0.5, 0.6) is 17.2 Å². The summed E-state index contributed by atoms with van der Waals surface area (Å²) in [6, 6.07) is 15.9. The van der Waals surface area contributed by atoms with Crippen LogP contribution in [0.4, 0.5) is 11.7 Å². The molecule has 0 fully saturated rings. The largest absolute Gasteiger partial charge is 0.493 e. The molecule has 3 aromatic carbocycles. The number of aromatic nitrogens is 1. The molecule has 0 bridgehead atoms. The highest BCUT2D eigenvalue weighted by atomic mass is 32.2. The van der Waals surface area contributed by atoms with Crippen molar-refractivity contribution in [2.24, 2.45) is 0 Å². The molecule has 1 aromatic heterocycles. The average molecular weight is 470 g/mol. The topological polar surface area (TPSA) is 112 Å². The Morgan fingerprint density at radius 2 is 1.61 bits per heavy atom. The van der Waals surface area contributed by atoms with Crippen molar-refractivity contribution in [3.05, 3.63) is 54.6 Å². The van der Waals surface area contributed by atoms with Crippen molar-refractivity contribution in [1.29, 1.82) is 0 Å². The molecular weight excluding hydrogens is 446 g/mol. The van der Waals surface area contributed by atoms with Gasteiger partial charge in [-0.25, -0.2) is 13.1 Å². The van der Waals surface area contributed by atoms with E-state index >= 15 is 0 Å². The molecular formula is C23H23N3O6S. The zero-order valence-electron chi connectivity index (χ0n) is 18.5. The summed E-state index contributed by atoms with van der Waals surface area (Å²) in [7, 11) is 2.40. The van der Waals surface area contributed by atoms with Gasteiger partial charge in [-0.05, 0) is 30.8 Å². The van der Waals surface area contributed by atoms with Crippen molar-refractivity contribution in [3.63, 3.8) is 0 Å². The van der Waals surface area contributed by atoms with Crippen molar-refractivity contribution in [2.45, 2.75) is 4.90 Å². The Labute approximate surface area is 191 Å². The lowest BCUT2D eigenvalue weighted by Gasteiger charge is -2.14. The first kappa shape index (κ1) is 22.4. The van der Waals surface area contributed by atoms with Gasteiger partial charge in [0, 0.05) is 23.4 Å². The minimum absolute atomic E-state index is 0.162. The molecule has 33 heavy (non-hydrogen) atoms. The van der Waals surface area contributed by atoms with Crippen LogP contribution in [0.1, 0.15) is 0 Å². The molecule has 9 nitrogen and oxygen atoms in total. The van der Waals surface area contributed by atoms with Gasteiger partial charge in [-0.2, -0.15) is 4.98 Å². The van der Waals surface area contributed by atoms with E-state index in [0.29, 0.717) is 45.2 Å². The van der Waals surface area contributed by atoms with E-state index in [4.69, 9.17) is 18.6 Å². The first-order chi connectivity index (χ1) is 15.9. The van der Waals surface area contributed by atoms with Crippen LogP contribution in [0.2, 0.25) is 0 Å². The third-order valence-corrected chi connectivity index (χ3v) is 6.47. The number of anilines is 2. The number of rotatable bonds is 8. The van der Waals surface area contributed by atoms with E-state index in [-0.39, 0.29) is 10.9 Å². The molecule has 0 amide bonds. The Morgan fingerprint density at radius 1 is 0.909 bits per heavy atom. The number of sulfonamides is 1.